The Labute approximate surface area is 159 Å². The normalized spacial score (nSPS) is 26.7. The molecule has 2 heterocycles. The number of aliphatic hydroxyl groups is 4. The molecule has 0 spiro atoms. The number of aryl methyl sites for hydroxylation is 1. The summed E-state index contributed by atoms with van der Waals surface area (Å²) in [5.41, 5.74) is 1.00. The number of carbonyl (C=O) groups excluding carboxylic acids is 1. The van der Waals surface area contributed by atoms with Crippen LogP contribution in [0.25, 0.3) is 0 Å². The lowest BCUT2D eigenvalue weighted by atomic mass is 10.0. The van der Waals surface area contributed by atoms with Gasteiger partial charge in [-0.2, -0.15) is 0 Å². The zero-order valence-corrected chi connectivity index (χ0v) is 15.7. The fourth-order valence-electron chi connectivity index (χ4n) is 3.17. The number of ether oxygens (including phenoxy) is 1. The van der Waals surface area contributed by atoms with E-state index in [0.717, 1.165) is 31.4 Å². The summed E-state index contributed by atoms with van der Waals surface area (Å²) in [5, 5.41) is 40.0. The van der Waals surface area contributed by atoms with Crippen molar-refractivity contribution < 1.29 is 30.0 Å². The van der Waals surface area contributed by atoms with Crippen LogP contribution in [0.15, 0.2) is 18.2 Å². The zero-order chi connectivity index (χ0) is 19.8. The van der Waals surface area contributed by atoms with Crippen molar-refractivity contribution in [1.82, 2.24) is 9.88 Å². The van der Waals surface area contributed by atoms with Gasteiger partial charge in [-0.3, -0.25) is 4.79 Å². The highest BCUT2D eigenvalue weighted by atomic mass is 16.5. The molecule has 0 saturated carbocycles. The molecule has 1 aromatic heterocycles. The van der Waals surface area contributed by atoms with E-state index in [1.165, 1.54) is 4.90 Å². The molecule has 1 amide bonds. The summed E-state index contributed by atoms with van der Waals surface area (Å²) in [4.78, 5) is 18.6. The number of pyridine rings is 1. The zero-order valence-electron chi connectivity index (χ0n) is 15.7. The molecule has 8 nitrogen and oxygen atoms in total. The second-order valence-corrected chi connectivity index (χ2v) is 6.97. The molecule has 4 N–H and O–H groups in total. The lowest BCUT2D eigenvalue weighted by Gasteiger charge is -2.33. The third-order valence-corrected chi connectivity index (χ3v) is 4.73. The number of rotatable bonds is 3. The SMILES string of the molecule is Cc1cccc(C(=O)N2CCCCCCO[C@H]([C@H](O)CO)[C@H](O)[C@@H](O)C2)n1. The van der Waals surface area contributed by atoms with Gasteiger partial charge in [-0.1, -0.05) is 18.9 Å². The Bertz CT molecular complexity index is 599. The molecule has 152 valence electrons. The van der Waals surface area contributed by atoms with Gasteiger partial charge < -0.3 is 30.1 Å². The van der Waals surface area contributed by atoms with Crippen LogP contribution in [0.2, 0.25) is 0 Å². The third-order valence-electron chi connectivity index (χ3n) is 4.73. The molecule has 1 aromatic rings. The predicted octanol–water partition coefficient (Wildman–Crippen LogP) is -0.134. The van der Waals surface area contributed by atoms with E-state index in [4.69, 9.17) is 4.74 Å². The molecule has 4 atom stereocenters. The van der Waals surface area contributed by atoms with E-state index < -0.39 is 31.0 Å². The quantitative estimate of drug-likeness (QED) is 0.574. The summed E-state index contributed by atoms with van der Waals surface area (Å²) in [6.07, 6.45) is -1.95. The number of hydrogen-bond acceptors (Lipinski definition) is 7. The van der Waals surface area contributed by atoms with Gasteiger partial charge in [0, 0.05) is 25.4 Å². The lowest BCUT2D eigenvalue weighted by molar-refractivity contribution is -0.145. The fourth-order valence-corrected chi connectivity index (χ4v) is 3.17. The van der Waals surface area contributed by atoms with Gasteiger partial charge in [-0.05, 0) is 31.9 Å². The van der Waals surface area contributed by atoms with Crippen LogP contribution in [-0.4, -0.2) is 86.9 Å². The molecule has 2 rings (SSSR count). The van der Waals surface area contributed by atoms with E-state index in [9.17, 15) is 25.2 Å². The summed E-state index contributed by atoms with van der Waals surface area (Å²) in [5.74, 6) is -0.317. The van der Waals surface area contributed by atoms with Crippen molar-refractivity contribution in [1.29, 1.82) is 0 Å². The first-order valence-corrected chi connectivity index (χ1v) is 9.43. The van der Waals surface area contributed by atoms with Gasteiger partial charge in [0.25, 0.3) is 5.91 Å². The van der Waals surface area contributed by atoms with Crippen LogP contribution in [-0.2, 0) is 4.74 Å². The van der Waals surface area contributed by atoms with Gasteiger partial charge in [0.05, 0.1) is 6.61 Å². The maximum Gasteiger partial charge on any atom is 0.272 e. The summed E-state index contributed by atoms with van der Waals surface area (Å²) in [7, 11) is 0. The van der Waals surface area contributed by atoms with Gasteiger partial charge in [-0.15, -0.1) is 0 Å². The Hall–Kier alpha value is -1.58. The van der Waals surface area contributed by atoms with Crippen LogP contribution in [0, 0.1) is 6.92 Å². The number of aromatic nitrogens is 1. The molecule has 1 saturated heterocycles. The van der Waals surface area contributed by atoms with Crippen LogP contribution < -0.4 is 0 Å². The lowest BCUT2D eigenvalue weighted by Crippen LogP contribution is -2.52. The van der Waals surface area contributed by atoms with Crippen molar-refractivity contribution in [2.45, 2.75) is 57.0 Å². The van der Waals surface area contributed by atoms with Crippen LogP contribution in [0.3, 0.4) is 0 Å². The molecule has 0 bridgehead atoms. The summed E-state index contributed by atoms with van der Waals surface area (Å²) >= 11 is 0. The Morgan fingerprint density at radius 2 is 2.04 bits per heavy atom. The molecule has 27 heavy (non-hydrogen) atoms. The first-order chi connectivity index (χ1) is 12.9. The van der Waals surface area contributed by atoms with Crippen molar-refractivity contribution in [3.63, 3.8) is 0 Å². The first kappa shape index (κ1) is 21.7. The number of carbonyl (C=O) groups is 1. The Morgan fingerprint density at radius 1 is 1.30 bits per heavy atom. The van der Waals surface area contributed by atoms with Crippen molar-refractivity contribution >= 4 is 5.91 Å². The summed E-state index contributed by atoms with van der Waals surface area (Å²) in [6.45, 7) is 1.84. The highest BCUT2D eigenvalue weighted by Crippen LogP contribution is 2.16. The minimum absolute atomic E-state index is 0.117. The van der Waals surface area contributed by atoms with E-state index in [1.54, 1.807) is 25.1 Å². The minimum Gasteiger partial charge on any atom is -0.394 e. The van der Waals surface area contributed by atoms with Gasteiger partial charge in [0.15, 0.2) is 0 Å². The van der Waals surface area contributed by atoms with E-state index in [2.05, 4.69) is 4.98 Å². The summed E-state index contributed by atoms with van der Waals surface area (Å²) in [6, 6.07) is 5.17. The maximum absolute atomic E-state index is 12.8. The number of aliphatic hydroxyl groups excluding tert-OH is 4. The maximum atomic E-state index is 12.8. The van der Waals surface area contributed by atoms with Crippen LogP contribution in [0.5, 0.6) is 0 Å². The van der Waals surface area contributed by atoms with Crippen LogP contribution in [0.4, 0.5) is 0 Å². The fraction of sp³-hybridized carbons (Fsp3) is 0.684. The van der Waals surface area contributed by atoms with Gasteiger partial charge in [-0.25, -0.2) is 4.98 Å². The molecule has 0 aromatic carbocycles. The number of amides is 1. The Kier molecular flexibility index (Phi) is 8.59. The average Bonchev–Trinajstić information content (AvgIpc) is 2.66. The second kappa shape index (κ2) is 10.7. The summed E-state index contributed by atoms with van der Waals surface area (Å²) < 4.78 is 5.51. The van der Waals surface area contributed by atoms with Crippen LogP contribution >= 0.6 is 0 Å². The predicted molar refractivity (Wildman–Crippen MR) is 98.2 cm³/mol. The van der Waals surface area contributed by atoms with E-state index >= 15 is 0 Å². The molecular weight excluding hydrogens is 352 g/mol. The molecule has 0 radical (unpaired) electrons. The second-order valence-electron chi connectivity index (χ2n) is 6.97. The highest BCUT2D eigenvalue weighted by molar-refractivity contribution is 5.92. The Balaban J connectivity index is 2.18. The first-order valence-electron chi connectivity index (χ1n) is 9.43. The smallest absolute Gasteiger partial charge is 0.272 e. The standard InChI is InChI=1S/C19H30N2O6/c1-13-7-6-8-14(20-13)19(26)21-9-4-2-3-5-10-27-18(16(24)12-22)17(25)15(23)11-21/h6-8,15-18,22-25H,2-5,9-12H2,1H3/t15-,16+,17+,18+/m0/s1. The van der Waals surface area contributed by atoms with Gasteiger partial charge in [0.2, 0.25) is 0 Å². The number of β-amino-alcohol motifs (C(OH)–C–C–N with tert-alkyl or cyclic N) is 1. The van der Waals surface area contributed by atoms with Crippen molar-refractivity contribution in [2.24, 2.45) is 0 Å². The average molecular weight is 382 g/mol. The van der Waals surface area contributed by atoms with Gasteiger partial charge >= 0.3 is 0 Å². The van der Waals surface area contributed by atoms with Crippen molar-refractivity contribution in [3.8, 4) is 0 Å². The molecular formula is C19H30N2O6. The Morgan fingerprint density at radius 3 is 2.74 bits per heavy atom. The van der Waals surface area contributed by atoms with E-state index in [1.807, 2.05) is 0 Å². The molecule has 0 unspecified atom stereocenters. The minimum atomic E-state index is -1.44. The van der Waals surface area contributed by atoms with E-state index in [0.29, 0.717) is 13.2 Å². The van der Waals surface area contributed by atoms with Crippen molar-refractivity contribution in [2.75, 3.05) is 26.3 Å². The number of nitrogens with zero attached hydrogens (tertiary/aromatic N) is 2. The molecule has 1 fully saturated rings. The van der Waals surface area contributed by atoms with Gasteiger partial charge in [0.1, 0.15) is 30.1 Å². The highest BCUT2D eigenvalue weighted by Gasteiger charge is 2.34. The third kappa shape index (κ3) is 6.22. The monoisotopic (exact) mass is 382 g/mol. The number of hydrogen-bond donors (Lipinski definition) is 4. The molecule has 8 heteroatoms. The molecule has 0 aliphatic carbocycles. The molecule has 1 aliphatic heterocycles. The van der Waals surface area contributed by atoms with Crippen molar-refractivity contribution in [3.05, 3.63) is 29.6 Å². The topological polar surface area (TPSA) is 123 Å². The van der Waals surface area contributed by atoms with Crippen LogP contribution in [0.1, 0.15) is 41.9 Å². The largest absolute Gasteiger partial charge is 0.394 e. The van der Waals surface area contributed by atoms with E-state index in [-0.39, 0.29) is 18.1 Å². The molecule has 1 aliphatic rings.